The third-order valence-corrected chi connectivity index (χ3v) is 2.56. The van der Waals surface area contributed by atoms with Crippen LogP contribution < -0.4 is 5.32 Å². The first kappa shape index (κ1) is 7.93. The van der Waals surface area contributed by atoms with Crippen molar-refractivity contribution in [1.82, 2.24) is 0 Å². The molecule has 0 saturated carbocycles. The van der Waals surface area contributed by atoms with Gasteiger partial charge in [-0.25, -0.2) is 0 Å². The number of rotatable bonds is 0. The minimum atomic E-state index is 0.580. The second-order valence-corrected chi connectivity index (χ2v) is 3.82. The Morgan fingerprint density at radius 2 is 2.33 bits per heavy atom. The number of aryl methyl sites for hydroxylation is 1. The molecule has 0 fully saturated rings. The molecule has 1 atom stereocenters. The summed E-state index contributed by atoms with van der Waals surface area (Å²) in [6.45, 7) is 2.20. The second-order valence-electron chi connectivity index (χ2n) is 3.39. The number of hydrogen-bond acceptors (Lipinski definition) is 1. The van der Waals surface area contributed by atoms with E-state index in [2.05, 4.69) is 18.3 Å². The van der Waals surface area contributed by atoms with Gasteiger partial charge in [-0.3, -0.25) is 0 Å². The molecule has 0 amide bonds. The number of benzene rings is 1. The molecule has 0 spiro atoms. The maximum absolute atomic E-state index is 5.88. The molecule has 64 valence electrons. The van der Waals surface area contributed by atoms with Crippen LogP contribution in [0.4, 0.5) is 5.69 Å². The van der Waals surface area contributed by atoms with Crippen LogP contribution >= 0.6 is 11.6 Å². The van der Waals surface area contributed by atoms with Gasteiger partial charge in [0.1, 0.15) is 0 Å². The van der Waals surface area contributed by atoms with Crippen LogP contribution in [0.1, 0.15) is 18.9 Å². The van der Waals surface area contributed by atoms with Crippen LogP contribution in [0.2, 0.25) is 5.02 Å². The van der Waals surface area contributed by atoms with Crippen LogP contribution in [0.3, 0.4) is 0 Å². The summed E-state index contributed by atoms with van der Waals surface area (Å²) in [4.78, 5) is 0. The van der Waals surface area contributed by atoms with Gasteiger partial charge in [-0.1, -0.05) is 17.7 Å². The second kappa shape index (κ2) is 2.98. The van der Waals surface area contributed by atoms with Crippen molar-refractivity contribution in [3.05, 3.63) is 28.8 Å². The van der Waals surface area contributed by atoms with E-state index < -0.39 is 0 Å². The maximum Gasteiger partial charge on any atom is 0.0426 e. The van der Waals surface area contributed by atoms with Crippen molar-refractivity contribution in [3.63, 3.8) is 0 Å². The highest BCUT2D eigenvalue weighted by Gasteiger charge is 2.13. The molecule has 1 aromatic carbocycles. The Balaban J connectivity index is 2.37. The van der Waals surface area contributed by atoms with Crippen LogP contribution in [-0.4, -0.2) is 6.04 Å². The third-order valence-electron chi connectivity index (χ3n) is 2.32. The normalized spacial score (nSPS) is 21.3. The Kier molecular flexibility index (Phi) is 1.97. The number of fused-ring (bicyclic) bond motifs is 1. The van der Waals surface area contributed by atoms with Crippen molar-refractivity contribution in [3.8, 4) is 0 Å². The van der Waals surface area contributed by atoms with Gasteiger partial charge in [0.15, 0.2) is 0 Å². The van der Waals surface area contributed by atoms with Gasteiger partial charge in [-0.2, -0.15) is 0 Å². The first-order chi connectivity index (χ1) is 5.75. The van der Waals surface area contributed by atoms with Gasteiger partial charge in [0.25, 0.3) is 0 Å². The van der Waals surface area contributed by atoms with Gasteiger partial charge in [0, 0.05) is 16.8 Å². The van der Waals surface area contributed by atoms with Crippen molar-refractivity contribution in [2.45, 2.75) is 25.8 Å². The van der Waals surface area contributed by atoms with E-state index in [-0.39, 0.29) is 0 Å². The van der Waals surface area contributed by atoms with Crippen molar-refractivity contribution in [2.75, 3.05) is 5.32 Å². The molecular formula is C10H12ClN. The molecule has 1 aromatic rings. The Morgan fingerprint density at radius 1 is 1.50 bits per heavy atom. The molecule has 2 rings (SSSR count). The molecule has 1 nitrogen and oxygen atoms in total. The summed E-state index contributed by atoms with van der Waals surface area (Å²) < 4.78 is 0. The molecule has 1 aliphatic heterocycles. The van der Waals surface area contributed by atoms with Gasteiger partial charge in [0.2, 0.25) is 0 Å². The van der Waals surface area contributed by atoms with Gasteiger partial charge >= 0.3 is 0 Å². The largest absolute Gasteiger partial charge is 0.382 e. The lowest BCUT2D eigenvalue weighted by Crippen LogP contribution is -2.21. The Bertz CT molecular complexity index is 296. The monoisotopic (exact) mass is 181 g/mol. The molecule has 1 aliphatic rings. The summed E-state index contributed by atoms with van der Waals surface area (Å²) in [7, 11) is 0. The quantitative estimate of drug-likeness (QED) is 0.649. The zero-order valence-electron chi connectivity index (χ0n) is 7.10. The predicted octanol–water partition coefficient (Wildman–Crippen LogP) is 3.09. The topological polar surface area (TPSA) is 12.0 Å². The highest BCUT2D eigenvalue weighted by Crippen LogP contribution is 2.27. The zero-order valence-corrected chi connectivity index (χ0v) is 7.86. The number of hydrogen-bond donors (Lipinski definition) is 1. The lowest BCUT2D eigenvalue weighted by atomic mass is 9.99. The standard InChI is InChI=1S/C10H12ClN/c1-7-2-3-8-4-5-9(11)6-10(8)12-7/h4-7,12H,2-3H2,1H3/t7-/m1/s1. The first-order valence-electron chi connectivity index (χ1n) is 4.30. The Labute approximate surface area is 77.7 Å². The molecule has 0 radical (unpaired) electrons. The third kappa shape index (κ3) is 1.42. The van der Waals surface area contributed by atoms with E-state index in [9.17, 15) is 0 Å². The molecule has 0 aliphatic carbocycles. The average Bonchev–Trinajstić information content (AvgIpc) is 2.03. The summed E-state index contributed by atoms with van der Waals surface area (Å²) in [5.41, 5.74) is 2.60. The summed E-state index contributed by atoms with van der Waals surface area (Å²) in [6.07, 6.45) is 2.38. The fraction of sp³-hybridized carbons (Fsp3) is 0.400. The van der Waals surface area contributed by atoms with Crippen LogP contribution in [0, 0.1) is 0 Å². The molecule has 1 N–H and O–H groups in total. The molecule has 0 saturated heterocycles. The highest BCUT2D eigenvalue weighted by atomic mass is 35.5. The molecule has 0 unspecified atom stereocenters. The summed E-state index contributed by atoms with van der Waals surface area (Å²) in [5.74, 6) is 0. The van der Waals surface area contributed by atoms with E-state index in [1.807, 2.05) is 12.1 Å². The summed E-state index contributed by atoms with van der Waals surface area (Å²) in [6, 6.07) is 6.65. The van der Waals surface area contributed by atoms with E-state index in [1.54, 1.807) is 0 Å². The van der Waals surface area contributed by atoms with Gasteiger partial charge in [-0.05, 0) is 37.5 Å². The van der Waals surface area contributed by atoms with Crippen molar-refractivity contribution in [2.24, 2.45) is 0 Å². The molecule has 1 heterocycles. The molecule has 2 heteroatoms. The fourth-order valence-electron chi connectivity index (χ4n) is 1.61. The smallest absolute Gasteiger partial charge is 0.0426 e. The minimum Gasteiger partial charge on any atom is -0.382 e. The fourth-order valence-corrected chi connectivity index (χ4v) is 1.78. The van der Waals surface area contributed by atoms with Gasteiger partial charge in [0.05, 0.1) is 0 Å². The lowest BCUT2D eigenvalue weighted by Gasteiger charge is -2.23. The Morgan fingerprint density at radius 3 is 3.17 bits per heavy atom. The maximum atomic E-state index is 5.88. The van der Waals surface area contributed by atoms with Crippen LogP contribution in [-0.2, 0) is 6.42 Å². The Hall–Kier alpha value is -0.690. The summed E-state index contributed by atoms with van der Waals surface area (Å²) in [5, 5.41) is 4.23. The van der Waals surface area contributed by atoms with Gasteiger partial charge < -0.3 is 5.32 Å². The van der Waals surface area contributed by atoms with E-state index >= 15 is 0 Å². The van der Waals surface area contributed by atoms with Crippen molar-refractivity contribution in [1.29, 1.82) is 0 Å². The SMILES string of the molecule is C[C@@H]1CCc2ccc(Cl)cc2N1. The number of nitrogens with one attached hydrogen (secondary N) is 1. The molecule has 0 bridgehead atoms. The van der Waals surface area contributed by atoms with E-state index in [0.29, 0.717) is 6.04 Å². The van der Waals surface area contributed by atoms with Crippen molar-refractivity contribution >= 4 is 17.3 Å². The number of anilines is 1. The van der Waals surface area contributed by atoms with Crippen LogP contribution in [0.25, 0.3) is 0 Å². The minimum absolute atomic E-state index is 0.580. The zero-order chi connectivity index (χ0) is 8.55. The number of halogens is 1. The van der Waals surface area contributed by atoms with Crippen LogP contribution in [0.5, 0.6) is 0 Å². The van der Waals surface area contributed by atoms with Gasteiger partial charge in [-0.15, -0.1) is 0 Å². The van der Waals surface area contributed by atoms with E-state index in [0.717, 1.165) is 5.02 Å². The predicted molar refractivity (Wildman–Crippen MR) is 52.9 cm³/mol. The summed E-state index contributed by atoms with van der Waals surface area (Å²) >= 11 is 5.88. The highest BCUT2D eigenvalue weighted by molar-refractivity contribution is 6.30. The van der Waals surface area contributed by atoms with E-state index in [1.165, 1.54) is 24.1 Å². The molecule has 0 aromatic heterocycles. The first-order valence-corrected chi connectivity index (χ1v) is 4.68. The molecular weight excluding hydrogens is 170 g/mol. The average molecular weight is 182 g/mol. The molecule has 12 heavy (non-hydrogen) atoms. The van der Waals surface area contributed by atoms with Crippen LogP contribution in [0.15, 0.2) is 18.2 Å². The van der Waals surface area contributed by atoms with E-state index in [4.69, 9.17) is 11.6 Å². The van der Waals surface area contributed by atoms with Crippen molar-refractivity contribution < 1.29 is 0 Å². The lowest BCUT2D eigenvalue weighted by molar-refractivity contribution is 0.681.